The fraction of sp³-hybridized carbons (Fsp3) is 0.500. The van der Waals surface area contributed by atoms with E-state index in [2.05, 4.69) is 6.58 Å². The maximum absolute atomic E-state index is 5.04. The summed E-state index contributed by atoms with van der Waals surface area (Å²) in [5.74, 6) is 0. The Balaban J connectivity index is 2.14. The van der Waals surface area contributed by atoms with Crippen molar-refractivity contribution in [2.24, 2.45) is 0 Å². The van der Waals surface area contributed by atoms with E-state index in [1.165, 1.54) is 0 Å². The van der Waals surface area contributed by atoms with Crippen LogP contribution >= 0.6 is 0 Å². The lowest BCUT2D eigenvalue weighted by molar-refractivity contribution is -0.0112. The van der Waals surface area contributed by atoms with E-state index in [9.17, 15) is 0 Å². The van der Waals surface area contributed by atoms with Gasteiger partial charge in [0.1, 0.15) is 0 Å². The van der Waals surface area contributed by atoms with Crippen molar-refractivity contribution in [2.75, 3.05) is 13.2 Å². The molecular formula is C6H9O2. The summed E-state index contributed by atoms with van der Waals surface area (Å²) in [6, 6.07) is 0. The first-order valence-electron chi connectivity index (χ1n) is 2.62. The Kier molecular flexibility index (Phi) is 2.06. The van der Waals surface area contributed by atoms with Crippen LogP contribution < -0.4 is 0 Å². The van der Waals surface area contributed by atoms with E-state index in [1.807, 2.05) is 0 Å². The van der Waals surface area contributed by atoms with E-state index in [0.29, 0.717) is 13.2 Å². The van der Waals surface area contributed by atoms with Crippen molar-refractivity contribution >= 4 is 0 Å². The Morgan fingerprint density at radius 2 is 2.00 bits per heavy atom. The number of ether oxygens (including phenoxy) is 2. The monoisotopic (exact) mass is 114 g/mol. The third kappa shape index (κ3) is 1.32. The molecule has 0 aromatic carbocycles. The van der Waals surface area contributed by atoms with Crippen LogP contribution in [0.15, 0.2) is 12.7 Å². The third-order valence-electron chi connectivity index (χ3n) is 0.941. The van der Waals surface area contributed by atoms with Crippen molar-refractivity contribution in [1.82, 2.24) is 0 Å². The fourth-order valence-electron chi connectivity index (χ4n) is 0.599. The third-order valence-corrected chi connectivity index (χ3v) is 0.941. The van der Waals surface area contributed by atoms with E-state index in [-0.39, 0.29) is 6.29 Å². The molecule has 0 bridgehead atoms. The lowest BCUT2D eigenvalue weighted by Gasteiger charge is -2.01. The van der Waals surface area contributed by atoms with Gasteiger partial charge in [-0.3, -0.25) is 0 Å². The normalized spacial score (nSPS) is 21.5. The number of rotatable bonds is 2. The first-order valence-corrected chi connectivity index (χ1v) is 2.62. The first kappa shape index (κ1) is 5.79. The van der Waals surface area contributed by atoms with Crippen LogP contribution in [-0.2, 0) is 9.47 Å². The van der Waals surface area contributed by atoms with Crippen LogP contribution in [0.3, 0.4) is 0 Å². The molecule has 0 N–H and O–H groups in total. The van der Waals surface area contributed by atoms with Gasteiger partial charge in [-0.2, -0.15) is 0 Å². The minimum atomic E-state index is -0.132. The summed E-state index contributed by atoms with van der Waals surface area (Å²) in [6.07, 6.45) is 3.33. The molecule has 0 unspecified atom stereocenters. The van der Waals surface area contributed by atoms with Crippen LogP contribution in [0.1, 0.15) is 0 Å². The molecule has 0 aromatic rings. The topological polar surface area (TPSA) is 18.5 Å². The quantitative estimate of drug-likeness (QED) is 0.493. The second-order valence-electron chi connectivity index (χ2n) is 1.54. The highest BCUT2D eigenvalue weighted by molar-refractivity contribution is 4.90. The minimum absolute atomic E-state index is 0.132. The second kappa shape index (κ2) is 2.84. The van der Waals surface area contributed by atoms with Gasteiger partial charge in [0.15, 0.2) is 6.29 Å². The van der Waals surface area contributed by atoms with Gasteiger partial charge in [0.05, 0.1) is 13.2 Å². The highest BCUT2D eigenvalue weighted by atomic mass is 16.8. The Labute approximate surface area is 49.1 Å². The lowest BCUT2D eigenvalue weighted by Crippen LogP contribution is -2.05. The molecule has 1 radical (unpaired) electrons. The smallest absolute Gasteiger partial charge is 0.164 e. The minimum Gasteiger partial charge on any atom is -0.350 e. The molecule has 0 saturated carbocycles. The van der Waals surface area contributed by atoms with Crippen LogP contribution in [0.25, 0.3) is 0 Å². The zero-order valence-electron chi connectivity index (χ0n) is 4.67. The molecule has 1 heterocycles. The van der Waals surface area contributed by atoms with Gasteiger partial charge in [-0.05, 0) is 0 Å². The highest BCUT2D eigenvalue weighted by Gasteiger charge is 2.12. The highest BCUT2D eigenvalue weighted by Crippen LogP contribution is 2.05. The van der Waals surface area contributed by atoms with Gasteiger partial charge >= 0.3 is 0 Å². The standard InChI is InChI=1S/C6H9O2/c1-2-3-6-7-4-5-8-6/h2-3,6H,1,4-5H2/i6+1. The molecule has 1 rings (SSSR count). The van der Waals surface area contributed by atoms with Crippen molar-refractivity contribution < 1.29 is 9.47 Å². The summed E-state index contributed by atoms with van der Waals surface area (Å²) < 4.78 is 10.1. The Morgan fingerprint density at radius 3 is 2.50 bits per heavy atom. The average Bonchev–Trinajstić information content (AvgIpc) is 2.19. The van der Waals surface area contributed by atoms with Gasteiger partial charge in [-0.25, -0.2) is 0 Å². The summed E-state index contributed by atoms with van der Waals surface area (Å²) in [5, 5.41) is 0. The maximum atomic E-state index is 5.04. The molecule has 0 spiro atoms. The van der Waals surface area contributed by atoms with Gasteiger partial charge in [0.25, 0.3) is 0 Å². The molecule has 2 heteroatoms. The molecule has 1 fully saturated rings. The van der Waals surface area contributed by atoms with Crippen LogP contribution in [0.5, 0.6) is 0 Å². The van der Waals surface area contributed by atoms with Crippen LogP contribution in [0.4, 0.5) is 0 Å². The predicted octanol–water partition coefficient (Wildman–Crippen LogP) is 0.750. The predicted molar refractivity (Wildman–Crippen MR) is 30.2 cm³/mol. The Morgan fingerprint density at radius 1 is 1.38 bits per heavy atom. The summed E-state index contributed by atoms with van der Waals surface area (Å²) in [5.41, 5.74) is 0. The zero-order chi connectivity index (χ0) is 5.82. The summed E-state index contributed by atoms with van der Waals surface area (Å²) in [7, 11) is 0. The van der Waals surface area contributed by atoms with Crippen molar-refractivity contribution in [2.45, 2.75) is 6.29 Å². The van der Waals surface area contributed by atoms with Crippen LogP contribution in [0, 0.1) is 6.42 Å². The molecule has 1 aliphatic heterocycles. The number of hydrogen-bond donors (Lipinski definition) is 0. The van der Waals surface area contributed by atoms with Crippen LogP contribution in [0.2, 0.25) is 0 Å². The molecule has 0 aromatic heterocycles. The van der Waals surface area contributed by atoms with E-state index >= 15 is 0 Å². The molecule has 0 aliphatic carbocycles. The van der Waals surface area contributed by atoms with Gasteiger partial charge in [0.2, 0.25) is 0 Å². The Bertz CT molecular complexity index is 74.6. The largest absolute Gasteiger partial charge is 0.350 e. The molecular weight excluding hydrogens is 105 g/mol. The van der Waals surface area contributed by atoms with Crippen molar-refractivity contribution in [1.29, 1.82) is 0 Å². The summed E-state index contributed by atoms with van der Waals surface area (Å²) in [6.45, 7) is 4.92. The molecule has 0 atom stereocenters. The van der Waals surface area contributed by atoms with E-state index in [1.54, 1.807) is 12.5 Å². The summed E-state index contributed by atoms with van der Waals surface area (Å²) in [4.78, 5) is 0. The van der Waals surface area contributed by atoms with Crippen molar-refractivity contribution in [3.05, 3.63) is 19.1 Å². The SMILES string of the molecule is C=C[CH][13CH]1OCCO1. The molecule has 8 heavy (non-hydrogen) atoms. The van der Waals surface area contributed by atoms with Crippen molar-refractivity contribution in [3.8, 4) is 0 Å². The van der Waals surface area contributed by atoms with Gasteiger partial charge in [-0.1, -0.05) is 6.08 Å². The lowest BCUT2D eigenvalue weighted by atomic mass is 10.6. The Hall–Kier alpha value is -0.340. The first-order chi connectivity index (χ1) is 3.93. The van der Waals surface area contributed by atoms with Crippen molar-refractivity contribution in [3.63, 3.8) is 0 Å². The number of hydrogen-bond acceptors (Lipinski definition) is 2. The molecule has 45 valence electrons. The zero-order valence-corrected chi connectivity index (χ0v) is 4.67. The van der Waals surface area contributed by atoms with E-state index < -0.39 is 0 Å². The van der Waals surface area contributed by atoms with Gasteiger partial charge in [-0.15, -0.1) is 6.58 Å². The van der Waals surface area contributed by atoms with E-state index in [4.69, 9.17) is 9.47 Å². The molecule has 2 nitrogen and oxygen atoms in total. The average molecular weight is 114 g/mol. The van der Waals surface area contributed by atoms with E-state index in [0.717, 1.165) is 0 Å². The summed E-state index contributed by atoms with van der Waals surface area (Å²) >= 11 is 0. The molecule has 1 saturated heterocycles. The maximum Gasteiger partial charge on any atom is 0.164 e. The van der Waals surface area contributed by atoms with Gasteiger partial charge < -0.3 is 9.47 Å². The second-order valence-corrected chi connectivity index (χ2v) is 1.54. The van der Waals surface area contributed by atoms with Crippen LogP contribution in [-0.4, -0.2) is 19.5 Å². The molecule has 0 amide bonds. The molecule has 1 aliphatic rings. The fourth-order valence-corrected chi connectivity index (χ4v) is 0.599. The van der Waals surface area contributed by atoms with Gasteiger partial charge in [0, 0.05) is 6.42 Å².